The molecule has 0 aliphatic carbocycles. The van der Waals surface area contributed by atoms with Gasteiger partial charge in [0.15, 0.2) is 0 Å². The van der Waals surface area contributed by atoms with E-state index in [1.165, 1.54) is 7.11 Å². The number of nitrogens with two attached hydrogens (primary N) is 1. The fourth-order valence-electron chi connectivity index (χ4n) is 2.65. The predicted molar refractivity (Wildman–Crippen MR) is 83.5 cm³/mol. The molecule has 7 heteroatoms. The minimum atomic E-state index is -0.456. The van der Waals surface area contributed by atoms with Crippen molar-refractivity contribution in [2.75, 3.05) is 20.3 Å². The molecule has 2 heterocycles. The maximum absolute atomic E-state index is 11.9. The number of imidazole rings is 1. The summed E-state index contributed by atoms with van der Waals surface area (Å²) in [6, 6.07) is 6.96. The molecule has 3 N–H and O–H groups in total. The molecule has 23 heavy (non-hydrogen) atoms. The number of primary amides is 1. The summed E-state index contributed by atoms with van der Waals surface area (Å²) in [5.74, 6) is 0.245. The van der Waals surface area contributed by atoms with E-state index in [9.17, 15) is 9.59 Å². The second-order valence-electron chi connectivity index (χ2n) is 5.45. The number of amides is 2. The zero-order valence-electron chi connectivity index (χ0n) is 12.8. The van der Waals surface area contributed by atoms with Crippen molar-refractivity contribution in [3.63, 3.8) is 0 Å². The van der Waals surface area contributed by atoms with E-state index >= 15 is 0 Å². The van der Waals surface area contributed by atoms with E-state index in [1.54, 1.807) is 29.2 Å². The first-order valence-electron chi connectivity index (χ1n) is 7.33. The molecule has 0 saturated heterocycles. The van der Waals surface area contributed by atoms with Crippen molar-refractivity contribution in [3.05, 3.63) is 41.2 Å². The zero-order valence-corrected chi connectivity index (χ0v) is 12.8. The van der Waals surface area contributed by atoms with Gasteiger partial charge in [0.2, 0.25) is 11.8 Å². The van der Waals surface area contributed by atoms with E-state index in [0.717, 1.165) is 22.8 Å². The number of fused-ring (bicyclic) bond motifs is 1. The molecule has 2 aromatic rings. The monoisotopic (exact) mass is 314 g/mol. The van der Waals surface area contributed by atoms with Gasteiger partial charge in [-0.05, 0) is 12.1 Å². The number of rotatable bonds is 4. The number of nitrogens with one attached hydrogen (secondary N) is 1. The second-order valence-corrected chi connectivity index (χ2v) is 5.45. The molecular formula is C16H18N4O3. The Bertz CT molecular complexity index is 736. The van der Waals surface area contributed by atoms with E-state index in [1.807, 2.05) is 0 Å². The first-order chi connectivity index (χ1) is 11.1. The summed E-state index contributed by atoms with van der Waals surface area (Å²) in [6.07, 6.45) is 0.709. The lowest BCUT2D eigenvalue weighted by Gasteiger charge is -2.25. The molecule has 1 aliphatic heterocycles. The molecule has 0 unspecified atom stereocenters. The molecule has 7 nitrogen and oxygen atoms in total. The summed E-state index contributed by atoms with van der Waals surface area (Å²) in [5, 5.41) is 0. The minimum absolute atomic E-state index is 0.0277. The molecule has 3 rings (SSSR count). The van der Waals surface area contributed by atoms with Gasteiger partial charge in [-0.15, -0.1) is 0 Å². The second kappa shape index (κ2) is 6.21. The normalized spacial score (nSPS) is 13.7. The van der Waals surface area contributed by atoms with Crippen LogP contribution in [0.25, 0.3) is 11.4 Å². The molecule has 0 saturated carbocycles. The Balaban J connectivity index is 1.80. The van der Waals surface area contributed by atoms with Gasteiger partial charge in [0.1, 0.15) is 12.4 Å². The van der Waals surface area contributed by atoms with Gasteiger partial charge in [-0.1, -0.05) is 12.1 Å². The van der Waals surface area contributed by atoms with Crippen LogP contribution in [0.4, 0.5) is 0 Å². The summed E-state index contributed by atoms with van der Waals surface area (Å²) >= 11 is 0. The first-order valence-corrected chi connectivity index (χ1v) is 7.33. The Morgan fingerprint density at radius 1 is 1.35 bits per heavy atom. The third-order valence-corrected chi connectivity index (χ3v) is 3.90. The van der Waals surface area contributed by atoms with Gasteiger partial charge in [0, 0.05) is 31.2 Å². The van der Waals surface area contributed by atoms with Crippen molar-refractivity contribution in [1.29, 1.82) is 0 Å². The van der Waals surface area contributed by atoms with Crippen LogP contribution in [0.1, 0.15) is 21.7 Å². The van der Waals surface area contributed by atoms with Gasteiger partial charge in [-0.3, -0.25) is 9.59 Å². The van der Waals surface area contributed by atoms with Crippen molar-refractivity contribution in [1.82, 2.24) is 14.9 Å². The Labute approximate surface area is 133 Å². The summed E-state index contributed by atoms with van der Waals surface area (Å²) in [6.45, 7) is 1.23. The standard InChI is InChI=1S/C16H18N4O3/c1-23-9-14(21)20-7-6-12-13(8-20)19-16(18-12)11-4-2-10(3-5-11)15(17)22/h2-5H,6-9H2,1H3,(H2,17,22)(H,18,19). The van der Waals surface area contributed by atoms with Gasteiger partial charge in [0.05, 0.1) is 17.9 Å². The molecule has 0 fully saturated rings. The Morgan fingerprint density at radius 2 is 2.09 bits per heavy atom. The van der Waals surface area contributed by atoms with Crippen molar-refractivity contribution in [2.45, 2.75) is 13.0 Å². The van der Waals surface area contributed by atoms with Crippen molar-refractivity contribution in [2.24, 2.45) is 5.73 Å². The van der Waals surface area contributed by atoms with E-state index in [0.29, 0.717) is 25.1 Å². The Kier molecular flexibility index (Phi) is 4.12. The van der Waals surface area contributed by atoms with Crippen LogP contribution in [0.5, 0.6) is 0 Å². The lowest BCUT2D eigenvalue weighted by atomic mass is 10.1. The number of aromatic nitrogens is 2. The zero-order chi connectivity index (χ0) is 16.4. The molecule has 120 valence electrons. The lowest BCUT2D eigenvalue weighted by molar-refractivity contribution is -0.136. The summed E-state index contributed by atoms with van der Waals surface area (Å²) in [5.41, 5.74) is 8.49. The molecule has 1 aromatic carbocycles. The van der Waals surface area contributed by atoms with Crippen LogP contribution in [0.2, 0.25) is 0 Å². The molecular weight excluding hydrogens is 296 g/mol. The quantitative estimate of drug-likeness (QED) is 0.867. The first kappa shape index (κ1) is 15.2. The number of nitrogens with zero attached hydrogens (tertiary/aromatic N) is 2. The SMILES string of the molecule is COCC(=O)N1CCc2nc(-c3ccc(C(N)=O)cc3)[nH]c2C1. The van der Waals surface area contributed by atoms with Crippen LogP contribution in [0.3, 0.4) is 0 Å². The number of ether oxygens (including phenoxy) is 1. The van der Waals surface area contributed by atoms with Gasteiger partial charge < -0.3 is 20.4 Å². The van der Waals surface area contributed by atoms with Gasteiger partial charge in [-0.25, -0.2) is 4.98 Å². The number of H-pyrrole nitrogens is 1. The molecule has 0 atom stereocenters. The Morgan fingerprint density at radius 3 is 2.74 bits per heavy atom. The molecule has 1 aliphatic rings. The number of carbonyl (C=O) groups is 2. The molecule has 1 aromatic heterocycles. The van der Waals surface area contributed by atoms with E-state index in [-0.39, 0.29) is 12.5 Å². The molecule has 0 spiro atoms. The van der Waals surface area contributed by atoms with Crippen LogP contribution < -0.4 is 5.73 Å². The number of carbonyl (C=O) groups excluding carboxylic acids is 2. The molecule has 2 amide bonds. The Hall–Kier alpha value is -2.67. The average molecular weight is 314 g/mol. The van der Waals surface area contributed by atoms with Gasteiger partial charge in [0.25, 0.3) is 0 Å². The number of hydrogen-bond donors (Lipinski definition) is 2. The van der Waals surface area contributed by atoms with Crippen LogP contribution in [0.15, 0.2) is 24.3 Å². The highest BCUT2D eigenvalue weighted by molar-refractivity contribution is 5.93. The number of hydrogen-bond acceptors (Lipinski definition) is 4. The summed E-state index contributed by atoms with van der Waals surface area (Å²) < 4.78 is 4.90. The third kappa shape index (κ3) is 3.09. The van der Waals surface area contributed by atoms with Crippen LogP contribution in [-0.2, 0) is 22.5 Å². The summed E-state index contributed by atoms with van der Waals surface area (Å²) in [7, 11) is 1.51. The average Bonchev–Trinajstić information content (AvgIpc) is 2.98. The summed E-state index contributed by atoms with van der Waals surface area (Å²) in [4.78, 5) is 32.6. The van der Waals surface area contributed by atoms with Crippen molar-refractivity contribution in [3.8, 4) is 11.4 Å². The minimum Gasteiger partial charge on any atom is -0.375 e. The third-order valence-electron chi connectivity index (χ3n) is 3.90. The van der Waals surface area contributed by atoms with Gasteiger partial charge in [-0.2, -0.15) is 0 Å². The highest BCUT2D eigenvalue weighted by Crippen LogP contribution is 2.23. The number of aromatic amines is 1. The van der Waals surface area contributed by atoms with Crippen LogP contribution in [-0.4, -0.2) is 46.9 Å². The highest BCUT2D eigenvalue weighted by Gasteiger charge is 2.23. The van der Waals surface area contributed by atoms with E-state index < -0.39 is 5.91 Å². The fraction of sp³-hybridized carbons (Fsp3) is 0.312. The van der Waals surface area contributed by atoms with E-state index in [4.69, 9.17) is 10.5 Å². The number of benzene rings is 1. The molecule has 0 radical (unpaired) electrons. The topological polar surface area (TPSA) is 101 Å². The van der Waals surface area contributed by atoms with Crippen LogP contribution in [0, 0.1) is 0 Å². The van der Waals surface area contributed by atoms with Gasteiger partial charge >= 0.3 is 0 Å². The van der Waals surface area contributed by atoms with Crippen molar-refractivity contribution < 1.29 is 14.3 Å². The largest absolute Gasteiger partial charge is 0.375 e. The maximum atomic E-state index is 11.9. The molecule has 0 bridgehead atoms. The number of methoxy groups -OCH3 is 1. The maximum Gasteiger partial charge on any atom is 0.248 e. The lowest BCUT2D eigenvalue weighted by Crippen LogP contribution is -2.38. The smallest absolute Gasteiger partial charge is 0.248 e. The van der Waals surface area contributed by atoms with Crippen molar-refractivity contribution >= 4 is 11.8 Å². The van der Waals surface area contributed by atoms with E-state index in [2.05, 4.69) is 9.97 Å². The highest BCUT2D eigenvalue weighted by atomic mass is 16.5. The predicted octanol–water partition coefficient (Wildman–Crippen LogP) is 0.707. The van der Waals surface area contributed by atoms with Crippen LogP contribution >= 0.6 is 0 Å². The fourth-order valence-corrected chi connectivity index (χ4v) is 2.65.